The molecule has 0 spiro atoms. The number of carbonyl (C=O) groups is 3. The smallest absolute Gasteiger partial charge is 0.334 e. The second kappa shape index (κ2) is 7.77. The van der Waals surface area contributed by atoms with Crippen LogP contribution in [0.1, 0.15) is 29.8 Å². The van der Waals surface area contributed by atoms with Crippen LogP contribution in [0, 0.1) is 0 Å². The van der Waals surface area contributed by atoms with Gasteiger partial charge in [-0.1, -0.05) is 0 Å². The summed E-state index contributed by atoms with van der Waals surface area (Å²) in [6.07, 6.45) is 2.46. The van der Waals surface area contributed by atoms with Crippen molar-refractivity contribution in [3.8, 4) is 0 Å². The van der Waals surface area contributed by atoms with Crippen molar-refractivity contribution in [2.45, 2.75) is 31.4 Å². The molecule has 0 aliphatic carbocycles. The van der Waals surface area contributed by atoms with E-state index < -0.39 is 18.1 Å². The van der Waals surface area contributed by atoms with Crippen molar-refractivity contribution in [3.05, 3.63) is 24.2 Å². The first-order valence-electron chi connectivity index (χ1n) is 7.42. The molecule has 0 radical (unpaired) electrons. The molecule has 1 fully saturated rings. The van der Waals surface area contributed by atoms with Crippen LogP contribution in [0.2, 0.25) is 0 Å². The maximum Gasteiger partial charge on any atom is 0.334 e. The maximum atomic E-state index is 12.4. The minimum Gasteiger partial charge on any atom is -0.479 e. The molecule has 1 aliphatic rings. The molecule has 8 heteroatoms. The molecule has 2 rings (SSSR count). The van der Waals surface area contributed by atoms with Gasteiger partial charge in [0.25, 0.3) is 5.91 Å². The van der Waals surface area contributed by atoms with Crippen molar-refractivity contribution in [1.82, 2.24) is 10.2 Å². The molecule has 126 valence electrons. The van der Waals surface area contributed by atoms with E-state index in [4.69, 9.17) is 14.3 Å². The largest absolute Gasteiger partial charge is 0.479 e. The highest BCUT2D eigenvalue weighted by molar-refractivity contribution is 5.95. The van der Waals surface area contributed by atoms with Gasteiger partial charge in [0.1, 0.15) is 6.04 Å². The highest BCUT2D eigenvalue weighted by Gasteiger charge is 2.34. The average molecular weight is 324 g/mol. The minimum atomic E-state index is -1.15. The van der Waals surface area contributed by atoms with Crippen LogP contribution in [0.4, 0.5) is 0 Å². The van der Waals surface area contributed by atoms with Gasteiger partial charge in [-0.25, -0.2) is 4.79 Å². The van der Waals surface area contributed by atoms with Crippen LogP contribution in [0.5, 0.6) is 0 Å². The van der Waals surface area contributed by atoms with E-state index in [0.717, 1.165) is 12.8 Å². The zero-order valence-corrected chi connectivity index (χ0v) is 12.9. The summed E-state index contributed by atoms with van der Waals surface area (Å²) in [5.41, 5.74) is 0. The first-order valence-corrected chi connectivity index (χ1v) is 7.42. The summed E-state index contributed by atoms with van der Waals surface area (Å²) in [6.45, 7) is 0.314. The van der Waals surface area contributed by atoms with Crippen LogP contribution in [0.25, 0.3) is 0 Å². The fraction of sp³-hybridized carbons (Fsp3) is 0.533. The number of nitrogens with one attached hydrogen (secondary N) is 1. The third-order valence-electron chi connectivity index (χ3n) is 3.82. The third-order valence-corrected chi connectivity index (χ3v) is 3.82. The number of likely N-dealkylation sites (tertiary alicyclic amines) is 1. The van der Waals surface area contributed by atoms with E-state index in [1.807, 2.05) is 0 Å². The molecule has 1 aromatic rings. The SMILES string of the molecule is COC(CNC(=O)C1CCCCN1C(=O)c1ccco1)C(=O)O. The van der Waals surface area contributed by atoms with E-state index in [0.29, 0.717) is 13.0 Å². The Hall–Kier alpha value is -2.35. The molecule has 2 amide bonds. The van der Waals surface area contributed by atoms with E-state index in [9.17, 15) is 14.4 Å². The summed E-state index contributed by atoms with van der Waals surface area (Å²) in [7, 11) is 1.26. The van der Waals surface area contributed by atoms with Gasteiger partial charge in [0.05, 0.1) is 12.8 Å². The molecule has 8 nitrogen and oxygen atoms in total. The zero-order valence-electron chi connectivity index (χ0n) is 12.9. The van der Waals surface area contributed by atoms with Crippen LogP contribution < -0.4 is 5.32 Å². The molecule has 1 aliphatic heterocycles. The lowest BCUT2D eigenvalue weighted by atomic mass is 10.0. The molecule has 2 unspecified atom stereocenters. The third kappa shape index (κ3) is 4.10. The number of methoxy groups -OCH3 is 1. The second-order valence-electron chi connectivity index (χ2n) is 5.30. The van der Waals surface area contributed by atoms with Crippen LogP contribution in [-0.4, -0.2) is 60.1 Å². The molecular formula is C15H20N2O6. The minimum absolute atomic E-state index is 0.149. The number of piperidine rings is 1. The van der Waals surface area contributed by atoms with Crippen molar-refractivity contribution in [1.29, 1.82) is 0 Å². The summed E-state index contributed by atoms with van der Waals surface area (Å²) in [5, 5.41) is 11.5. The fourth-order valence-corrected chi connectivity index (χ4v) is 2.57. The molecule has 0 bridgehead atoms. The van der Waals surface area contributed by atoms with Gasteiger partial charge in [-0.2, -0.15) is 0 Å². The van der Waals surface area contributed by atoms with E-state index in [-0.39, 0.29) is 24.1 Å². The predicted molar refractivity (Wildman–Crippen MR) is 78.8 cm³/mol. The number of carboxylic acids is 1. The molecule has 2 N–H and O–H groups in total. The zero-order chi connectivity index (χ0) is 16.8. The Morgan fingerprint density at radius 1 is 1.48 bits per heavy atom. The molecule has 0 saturated carbocycles. The number of hydrogen-bond acceptors (Lipinski definition) is 5. The van der Waals surface area contributed by atoms with Gasteiger partial charge in [-0.15, -0.1) is 0 Å². The van der Waals surface area contributed by atoms with Gasteiger partial charge in [-0.3, -0.25) is 9.59 Å². The van der Waals surface area contributed by atoms with Crippen molar-refractivity contribution in [2.75, 3.05) is 20.2 Å². The van der Waals surface area contributed by atoms with Gasteiger partial charge in [-0.05, 0) is 31.4 Å². The van der Waals surface area contributed by atoms with Gasteiger partial charge >= 0.3 is 5.97 Å². The molecule has 0 aromatic carbocycles. The highest BCUT2D eigenvalue weighted by Crippen LogP contribution is 2.20. The van der Waals surface area contributed by atoms with E-state index in [2.05, 4.69) is 5.32 Å². The number of carboxylic acid groups (broad SMARTS) is 1. The van der Waals surface area contributed by atoms with Crippen molar-refractivity contribution in [2.24, 2.45) is 0 Å². The van der Waals surface area contributed by atoms with Gasteiger partial charge in [0.15, 0.2) is 11.9 Å². The summed E-state index contributed by atoms with van der Waals surface area (Å²) in [4.78, 5) is 37.1. The Bertz CT molecular complexity index is 556. The quantitative estimate of drug-likeness (QED) is 0.788. The number of nitrogens with zero attached hydrogens (tertiary/aromatic N) is 1. The lowest BCUT2D eigenvalue weighted by Gasteiger charge is -2.34. The Morgan fingerprint density at radius 3 is 2.87 bits per heavy atom. The summed E-state index contributed by atoms with van der Waals surface area (Å²) < 4.78 is 9.88. The lowest BCUT2D eigenvalue weighted by Crippen LogP contribution is -2.53. The molecule has 23 heavy (non-hydrogen) atoms. The van der Waals surface area contributed by atoms with Crippen LogP contribution >= 0.6 is 0 Å². The molecule has 2 atom stereocenters. The Kier molecular flexibility index (Phi) is 5.75. The van der Waals surface area contributed by atoms with E-state index in [1.165, 1.54) is 18.3 Å². The summed E-state index contributed by atoms with van der Waals surface area (Å²) in [5.74, 6) is -1.69. The molecule has 1 aromatic heterocycles. The topological polar surface area (TPSA) is 109 Å². The van der Waals surface area contributed by atoms with Gasteiger partial charge in [0, 0.05) is 13.7 Å². The molecule has 1 saturated heterocycles. The number of carbonyl (C=O) groups excluding carboxylic acids is 2. The van der Waals surface area contributed by atoms with Crippen molar-refractivity contribution < 1.29 is 28.6 Å². The maximum absolute atomic E-state index is 12.4. The van der Waals surface area contributed by atoms with Gasteiger partial charge in [0.2, 0.25) is 5.91 Å². The second-order valence-corrected chi connectivity index (χ2v) is 5.30. The van der Waals surface area contributed by atoms with E-state index >= 15 is 0 Å². The lowest BCUT2D eigenvalue weighted by molar-refractivity contribution is -0.148. The predicted octanol–water partition coefficient (Wildman–Crippen LogP) is 0.490. The average Bonchev–Trinajstić information content (AvgIpc) is 3.08. The Morgan fingerprint density at radius 2 is 2.26 bits per heavy atom. The van der Waals surface area contributed by atoms with Gasteiger partial charge < -0.3 is 24.5 Å². The highest BCUT2D eigenvalue weighted by atomic mass is 16.5. The summed E-state index contributed by atoms with van der Waals surface area (Å²) >= 11 is 0. The van der Waals surface area contributed by atoms with E-state index in [1.54, 1.807) is 12.1 Å². The number of hydrogen-bond donors (Lipinski definition) is 2. The van der Waals surface area contributed by atoms with Crippen molar-refractivity contribution in [3.63, 3.8) is 0 Å². The number of ether oxygens (including phenoxy) is 1. The number of rotatable bonds is 6. The first-order chi connectivity index (χ1) is 11.0. The normalized spacial score (nSPS) is 19.2. The van der Waals surface area contributed by atoms with Crippen molar-refractivity contribution >= 4 is 17.8 Å². The Labute approximate surface area is 133 Å². The van der Waals surface area contributed by atoms with Crippen LogP contribution in [0.3, 0.4) is 0 Å². The first kappa shape index (κ1) is 17.0. The summed E-state index contributed by atoms with van der Waals surface area (Å²) in [6, 6.07) is 2.53. The van der Waals surface area contributed by atoms with Crippen LogP contribution in [0.15, 0.2) is 22.8 Å². The van der Waals surface area contributed by atoms with Crippen LogP contribution in [-0.2, 0) is 14.3 Å². The molecule has 2 heterocycles. The standard InChI is InChI=1S/C15H20N2O6/c1-22-12(15(20)21)9-16-13(18)10-5-2-3-7-17(10)14(19)11-6-4-8-23-11/h4,6,8,10,12H,2-3,5,7,9H2,1H3,(H,16,18)(H,20,21). The number of aliphatic carboxylic acids is 1. The monoisotopic (exact) mass is 324 g/mol. The Balaban J connectivity index is 2.01. The number of amides is 2. The molecular weight excluding hydrogens is 304 g/mol. The number of furan rings is 1. The fourth-order valence-electron chi connectivity index (χ4n) is 2.57.